The Balaban J connectivity index is 0.000000252. The van der Waals surface area contributed by atoms with Crippen LogP contribution in [0.5, 0.6) is 11.5 Å². The topological polar surface area (TPSA) is 68.2 Å². The lowest BCUT2D eigenvalue weighted by Crippen LogP contribution is -2.33. The highest BCUT2D eigenvalue weighted by atomic mass is 16.5. The molecular weight excluding hydrogens is 428 g/mol. The van der Waals surface area contributed by atoms with Gasteiger partial charge in [0.25, 0.3) is 0 Å². The molecule has 3 aromatic rings. The minimum Gasteiger partial charge on any atom is -0.497 e. The Bertz CT molecular complexity index is 1040. The van der Waals surface area contributed by atoms with Crippen LogP contribution in [0, 0.1) is 6.92 Å². The molecule has 5 heteroatoms. The second-order valence-electron chi connectivity index (χ2n) is 8.97. The maximum atomic E-state index is 10.0. The molecule has 0 spiro atoms. The molecule has 34 heavy (non-hydrogen) atoms. The zero-order valence-corrected chi connectivity index (χ0v) is 19.9. The molecule has 5 rings (SSSR count). The summed E-state index contributed by atoms with van der Waals surface area (Å²) < 4.78 is 16.5. The number of benzene rings is 3. The highest BCUT2D eigenvalue weighted by Crippen LogP contribution is 2.33. The highest BCUT2D eigenvalue weighted by molar-refractivity contribution is 5.38. The van der Waals surface area contributed by atoms with Crippen molar-refractivity contribution in [1.29, 1.82) is 0 Å². The summed E-state index contributed by atoms with van der Waals surface area (Å²) in [6.45, 7) is 2.91. The lowest BCUT2D eigenvalue weighted by atomic mass is 9.92. The van der Waals surface area contributed by atoms with E-state index in [9.17, 15) is 10.2 Å². The lowest BCUT2D eigenvalue weighted by molar-refractivity contribution is -0.113. The monoisotopic (exact) mass is 462 g/mol. The molecule has 2 heterocycles. The van der Waals surface area contributed by atoms with E-state index in [1.807, 2.05) is 30.3 Å². The van der Waals surface area contributed by atoms with Crippen molar-refractivity contribution in [2.45, 2.75) is 50.9 Å². The summed E-state index contributed by atoms with van der Waals surface area (Å²) in [7, 11) is 1.67. The first-order valence-electron chi connectivity index (χ1n) is 11.9. The Hall–Kier alpha value is -2.86. The van der Waals surface area contributed by atoms with Crippen LogP contribution in [-0.4, -0.2) is 42.7 Å². The Kier molecular flexibility index (Phi) is 8.22. The molecule has 2 aliphatic heterocycles. The van der Waals surface area contributed by atoms with Gasteiger partial charge in [0.2, 0.25) is 0 Å². The summed E-state index contributed by atoms with van der Waals surface area (Å²) in [6.07, 6.45) is 2.09. The number of fused-ring (bicyclic) bond motifs is 1. The normalized spacial score (nSPS) is 21.1. The number of hydrogen-bond donors (Lipinski definition) is 2. The number of aliphatic hydroxyl groups is 2. The Morgan fingerprint density at radius 1 is 1.00 bits per heavy atom. The maximum absolute atomic E-state index is 10.0. The molecule has 0 saturated carbocycles. The Morgan fingerprint density at radius 2 is 1.79 bits per heavy atom. The molecule has 0 amide bonds. The van der Waals surface area contributed by atoms with Crippen LogP contribution in [0.25, 0.3) is 0 Å². The summed E-state index contributed by atoms with van der Waals surface area (Å²) >= 11 is 0. The molecule has 1 fully saturated rings. The molecule has 3 aromatic carbocycles. The van der Waals surface area contributed by atoms with Gasteiger partial charge in [0.1, 0.15) is 11.5 Å². The van der Waals surface area contributed by atoms with E-state index in [1.165, 1.54) is 22.3 Å². The first-order chi connectivity index (χ1) is 16.6. The number of methoxy groups -OCH3 is 1. The predicted octanol–water partition coefficient (Wildman–Crippen LogP) is 4.79. The van der Waals surface area contributed by atoms with E-state index >= 15 is 0 Å². The van der Waals surface area contributed by atoms with Gasteiger partial charge in [-0.25, -0.2) is 0 Å². The zero-order chi connectivity index (χ0) is 23.9. The molecule has 1 saturated heterocycles. The molecule has 5 nitrogen and oxygen atoms in total. The Labute approximate surface area is 201 Å². The molecule has 3 unspecified atom stereocenters. The van der Waals surface area contributed by atoms with Crippen LogP contribution in [0.2, 0.25) is 0 Å². The third kappa shape index (κ3) is 6.17. The lowest BCUT2D eigenvalue weighted by Gasteiger charge is -2.32. The number of ether oxygens (including phenoxy) is 3. The number of aryl methyl sites for hydroxylation is 1. The first-order valence-corrected chi connectivity index (χ1v) is 11.9. The van der Waals surface area contributed by atoms with Crippen molar-refractivity contribution in [3.05, 3.63) is 94.5 Å². The fraction of sp³-hybridized carbons (Fsp3) is 0.379. The van der Waals surface area contributed by atoms with Gasteiger partial charge in [0, 0.05) is 19.3 Å². The van der Waals surface area contributed by atoms with E-state index in [0.717, 1.165) is 36.5 Å². The van der Waals surface area contributed by atoms with E-state index in [0.29, 0.717) is 12.8 Å². The molecule has 0 aliphatic carbocycles. The maximum Gasteiger partial charge on any atom is 0.122 e. The van der Waals surface area contributed by atoms with Crippen molar-refractivity contribution < 1.29 is 24.4 Å². The summed E-state index contributed by atoms with van der Waals surface area (Å²) in [5.41, 5.74) is 6.10. The SMILES string of the molecule is COc1ccc(Cc2cc(C3CC(O)CC(CO)O3)ccc2C)cc1.c1ccc2c(c1)CCO2. The minimum absolute atomic E-state index is 0.0574. The minimum atomic E-state index is -0.428. The molecule has 180 valence electrons. The average Bonchev–Trinajstić information content (AvgIpc) is 3.35. The van der Waals surface area contributed by atoms with Crippen LogP contribution in [-0.2, 0) is 17.6 Å². The number of para-hydroxylation sites is 1. The van der Waals surface area contributed by atoms with Gasteiger partial charge in [-0.15, -0.1) is 0 Å². The highest BCUT2D eigenvalue weighted by Gasteiger charge is 2.29. The van der Waals surface area contributed by atoms with Crippen LogP contribution < -0.4 is 9.47 Å². The van der Waals surface area contributed by atoms with Gasteiger partial charge in [0.05, 0.1) is 38.6 Å². The van der Waals surface area contributed by atoms with Gasteiger partial charge >= 0.3 is 0 Å². The van der Waals surface area contributed by atoms with Gasteiger partial charge in [-0.05, 0) is 59.4 Å². The van der Waals surface area contributed by atoms with E-state index in [1.54, 1.807) is 7.11 Å². The molecule has 2 aliphatic rings. The molecule has 2 N–H and O–H groups in total. The largest absolute Gasteiger partial charge is 0.497 e. The summed E-state index contributed by atoms with van der Waals surface area (Å²) in [5, 5.41) is 19.4. The van der Waals surface area contributed by atoms with Crippen molar-refractivity contribution in [1.82, 2.24) is 0 Å². The fourth-order valence-electron chi connectivity index (χ4n) is 4.49. The van der Waals surface area contributed by atoms with Crippen molar-refractivity contribution >= 4 is 0 Å². The average molecular weight is 463 g/mol. The summed E-state index contributed by atoms with van der Waals surface area (Å²) in [4.78, 5) is 0. The van der Waals surface area contributed by atoms with Crippen molar-refractivity contribution in [2.75, 3.05) is 20.3 Å². The second kappa shape index (κ2) is 11.5. The molecule has 3 atom stereocenters. The van der Waals surface area contributed by atoms with Crippen molar-refractivity contribution in [2.24, 2.45) is 0 Å². The quantitative estimate of drug-likeness (QED) is 0.571. The standard InChI is InChI=1S/C21H26O4.C8H8O/c1-14-3-6-16(21-12-18(23)11-20(13-22)25-21)10-17(14)9-15-4-7-19(24-2)8-5-15;1-2-4-8-7(3-1)5-6-9-8/h3-8,10,18,20-23H,9,11-13H2,1-2H3;1-4H,5-6H2. The van der Waals surface area contributed by atoms with Gasteiger partial charge in [-0.2, -0.15) is 0 Å². The van der Waals surface area contributed by atoms with E-state index in [2.05, 4.69) is 43.3 Å². The van der Waals surface area contributed by atoms with Gasteiger partial charge in [-0.3, -0.25) is 0 Å². The van der Waals surface area contributed by atoms with Gasteiger partial charge < -0.3 is 24.4 Å². The molecule has 0 bridgehead atoms. The smallest absolute Gasteiger partial charge is 0.122 e. The number of hydrogen-bond acceptors (Lipinski definition) is 5. The van der Waals surface area contributed by atoms with E-state index < -0.39 is 6.10 Å². The van der Waals surface area contributed by atoms with Crippen molar-refractivity contribution in [3.8, 4) is 11.5 Å². The predicted molar refractivity (Wildman–Crippen MR) is 133 cm³/mol. The zero-order valence-electron chi connectivity index (χ0n) is 19.9. The number of aliphatic hydroxyl groups excluding tert-OH is 2. The third-order valence-electron chi connectivity index (χ3n) is 6.48. The fourth-order valence-corrected chi connectivity index (χ4v) is 4.49. The van der Waals surface area contributed by atoms with Crippen molar-refractivity contribution in [3.63, 3.8) is 0 Å². The Morgan fingerprint density at radius 3 is 2.53 bits per heavy atom. The van der Waals surface area contributed by atoms with Crippen LogP contribution in [0.15, 0.2) is 66.7 Å². The van der Waals surface area contributed by atoms with E-state index in [4.69, 9.17) is 14.2 Å². The van der Waals surface area contributed by atoms with Gasteiger partial charge in [0.15, 0.2) is 0 Å². The van der Waals surface area contributed by atoms with Crippen LogP contribution >= 0.6 is 0 Å². The third-order valence-corrected chi connectivity index (χ3v) is 6.48. The second-order valence-corrected chi connectivity index (χ2v) is 8.97. The van der Waals surface area contributed by atoms with Crippen LogP contribution in [0.1, 0.15) is 46.8 Å². The number of rotatable bonds is 5. The first kappa shape index (κ1) is 24.3. The summed E-state index contributed by atoms with van der Waals surface area (Å²) in [6, 6.07) is 22.6. The molecular formula is C29H34O5. The molecule has 0 aromatic heterocycles. The molecule has 0 radical (unpaired) electrons. The van der Waals surface area contributed by atoms with Gasteiger partial charge in [-0.1, -0.05) is 48.5 Å². The van der Waals surface area contributed by atoms with Crippen LogP contribution in [0.4, 0.5) is 0 Å². The van der Waals surface area contributed by atoms with E-state index in [-0.39, 0.29) is 18.8 Å². The summed E-state index contributed by atoms with van der Waals surface area (Å²) in [5.74, 6) is 1.92. The van der Waals surface area contributed by atoms with Crippen LogP contribution in [0.3, 0.4) is 0 Å².